The lowest BCUT2D eigenvalue weighted by molar-refractivity contribution is 0.593. The Kier molecular flexibility index (Phi) is 8.25. The number of aromatic nitrogens is 2. The fourth-order valence-electron chi connectivity index (χ4n) is 3.21. The largest absolute Gasteiger partial charge is 0.357 e. The second-order valence-corrected chi connectivity index (χ2v) is 9.38. The molecule has 0 amide bonds. The summed E-state index contributed by atoms with van der Waals surface area (Å²) in [6.07, 6.45) is 1.32. The SMILES string of the molecule is CCNC(=NCCCS(=O)(=O)c1ccccc1)NC(C)Cc1c(C)nn(C)c1C. The van der Waals surface area contributed by atoms with Crippen molar-refractivity contribution < 1.29 is 8.42 Å². The van der Waals surface area contributed by atoms with Crippen molar-refractivity contribution >= 4 is 15.8 Å². The zero-order chi connectivity index (χ0) is 21.4. The van der Waals surface area contributed by atoms with Gasteiger partial charge >= 0.3 is 0 Å². The summed E-state index contributed by atoms with van der Waals surface area (Å²) in [6, 6.07) is 8.73. The van der Waals surface area contributed by atoms with E-state index >= 15 is 0 Å². The molecule has 8 heteroatoms. The molecular weight excluding hydrogens is 386 g/mol. The minimum atomic E-state index is -3.26. The topological polar surface area (TPSA) is 88.4 Å². The van der Waals surface area contributed by atoms with Crippen LogP contribution in [0.4, 0.5) is 0 Å². The van der Waals surface area contributed by atoms with Crippen LogP contribution < -0.4 is 10.6 Å². The third-order valence-corrected chi connectivity index (χ3v) is 6.66. The van der Waals surface area contributed by atoms with Crippen LogP contribution in [0.1, 0.15) is 37.2 Å². The van der Waals surface area contributed by atoms with Gasteiger partial charge < -0.3 is 10.6 Å². The fraction of sp³-hybridized carbons (Fsp3) is 0.524. The standard InChI is InChI=1S/C21H33N5O2S/c1-6-22-21(24-16(2)15-20-17(3)25-26(5)18(20)4)23-13-10-14-29(27,28)19-11-8-7-9-12-19/h7-9,11-12,16H,6,10,13-15H2,1-5H3,(H2,22,23,24). The molecule has 7 nitrogen and oxygen atoms in total. The molecule has 1 aromatic carbocycles. The summed E-state index contributed by atoms with van der Waals surface area (Å²) in [5, 5.41) is 11.1. The quantitative estimate of drug-likeness (QED) is 0.370. The van der Waals surface area contributed by atoms with Crippen LogP contribution in [0.3, 0.4) is 0 Å². The zero-order valence-corrected chi connectivity index (χ0v) is 18.9. The second kappa shape index (κ2) is 10.4. The first-order valence-electron chi connectivity index (χ1n) is 10.1. The van der Waals surface area contributed by atoms with Crippen LogP contribution in [0.5, 0.6) is 0 Å². The van der Waals surface area contributed by atoms with Crippen LogP contribution in [-0.4, -0.2) is 49.0 Å². The zero-order valence-electron chi connectivity index (χ0n) is 18.1. The molecule has 0 saturated heterocycles. The molecule has 160 valence electrons. The van der Waals surface area contributed by atoms with E-state index in [1.165, 1.54) is 11.3 Å². The molecule has 0 spiro atoms. The van der Waals surface area contributed by atoms with E-state index in [1.807, 2.05) is 31.6 Å². The third kappa shape index (κ3) is 6.59. The number of sulfone groups is 1. The average molecular weight is 420 g/mol. The van der Waals surface area contributed by atoms with Crippen LogP contribution in [0.25, 0.3) is 0 Å². The summed E-state index contributed by atoms with van der Waals surface area (Å²) in [5.74, 6) is 0.792. The maximum atomic E-state index is 12.4. The number of nitrogens with zero attached hydrogens (tertiary/aromatic N) is 3. The second-order valence-electron chi connectivity index (χ2n) is 7.27. The normalized spacial score (nSPS) is 13.3. The van der Waals surface area contributed by atoms with Crippen molar-refractivity contribution in [3.05, 3.63) is 47.3 Å². The predicted molar refractivity (Wildman–Crippen MR) is 118 cm³/mol. The molecule has 2 aromatic rings. The molecule has 29 heavy (non-hydrogen) atoms. The monoisotopic (exact) mass is 419 g/mol. The Morgan fingerprint density at radius 1 is 1.24 bits per heavy atom. The number of rotatable bonds is 9. The Bertz CT molecular complexity index is 920. The van der Waals surface area contributed by atoms with E-state index in [4.69, 9.17) is 0 Å². The molecule has 1 aromatic heterocycles. The van der Waals surface area contributed by atoms with E-state index in [1.54, 1.807) is 24.3 Å². The first kappa shape index (κ1) is 22.9. The third-order valence-electron chi connectivity index (χ3n) is 4.84. The van der Waals surface area contributed by atoms with Crippen molar-refractivity contribution in [2.45, 2.75) is 51.5 Å². The molecule has 2 N–H and O–H groups in total. The molecule has 0 radical (unpaired) electrons. The Balaban J connectivity index is 1.92. The lowest BCUT2D eigenvalue weighted by atomic mass is 10.1. The number of aliphatic imine (C=N–C) groups is 1. The van der Waals surface area contributed by atoms with E-state index in [0.717, 1.165) is 18.7 Å². The van der Waals surface area contributed by atoms with Crippen LogP contribution in [-0.2, 0) is 23.3 Å². The van der Waals surface area contributed by atoms with Gasteiger partial charge in [-0.2, -0.15) is 5.10 Å². The van der Waals surface area contributed by atoms with Gasteiger partial charge in [-0.25, -0.2) is 8.42 Å². The van der Waals surface area contributed by atoms with Gasteiger partial charge in [0.2, 0.25) is 0 Å². The first-order valence-corrected chi connectivity index (χ1v) is 11.7. The lowest BCUT2D eigenvalue weighted by Crippen LogP contribution is -2.43. The van der Waals surface area contributed by atoms with Crippen molar-refractivity contribution in [3.8, 4) is 0 Å². The maximum Gasteiger partial charge on any atom is 0.191 e. The van der Waals surface area contributed by atoms with Crippen molar-refractivity contribution in [3.63, 3.8) is 0 Å². The summed E-state index contributed by atoms with van der Waals surface area (Å²) in [4.78, 5) is 4.92. The van der Waals surface area contributed by atoms with Crippen LogP contribution in [0.15, 0.2) is 40.2 Å². The van der Waals surface area contributed by atoms with Crippen LogP contribution in [0, 0.1) is 13.8 Å². The van der Waals surface area contributed by atoms with Crippen LogP contribution in [0.2, 0.25) is 0 Å². The van der Waals surface area contributed by atoms with Crippen molar-refractivity contribution in [2.24, 2.45) is 12.0 Å². The minimum Gasteiger partial charge on any atom is -0.357 e. The highest BCUT2D eigenvalue weighted by molar-refractivity contribution is 7.91. The highest BCUT2D eigenvalue weighted by Gasteiger charge is 2.15. The van der Waals surface area contributed by atoms with Gasteiger partial charge in [-0.3, -0.25) is 9.67 Å². The summed E-state index contributed by atoms with van der Waals surface area (Å²) >= 11 is 0. The average Bonchev–Trinajstić information content (AvgIpc) is 2.92. The Labute approximate surface area is 174 Å². The number of guanidine groups is 1. The highest BCUT2D eigenvalue weighted by atomic mass is 32.2. The van der Waals surface area contributed by atoms with E-state index < -0.39 is 9.84 Å². The molecule has 0 saturated carbocycles. The van der Waals surface area contributed by atoms with E-state index in [-0.39, 0.29) is 11.8 Å². The molecule has 0 bridgehead atoms. The van der Waals surface area contributed by atoms with Gasteiger partial charge in [-0.1, -0.05) is 18.2 Å². The molecule has 1 unspecified atom stereocenters. The van der Waals surface area contributed by atoms with E-state index in [0.29, 0.717) is 23.8 Å². The molecule has 0 aliphatic carbocycles. The summed E-state index contributed by atoms with van der Waals surface area (Å²) in [6.45, 7) is 9.41. The van der Waals surface area contributed by atoms with Gasteiger partial charge in [0.25, 0.3) is 0 Å². The predicted octanol–water partition coefficient (Wildman–Crippen LogP) is 2.39. The highest BCUT2D eigenvalue weighted by Crippen LogP contribution is 2.14. The first-order chi connectivity index (χ1) is 13.7. The molecule has 2 rings (SSSR count). The van der Waals surface area contributed by atoms with E-state index in [9.17, 15) is 8.42 Å². The summed E-state index contributed by atoms with van der Waals surface area (Å²) in [7, 11) is -1.30. The maximum absolute atomic E-state index is 12.4. The van der Waals surface area contributed by atoms with Gasteiger partial charge in [-0.15, -0.1) is 0 Å². The van der Waals surface area contributed by atoms with Gasteiger partial charge in [0.15, 0.2) is 15.8 Å². The van der Waals surface area contributed by atoms with Crippen molar-refractivity contribution in [1.29, 1.82) is 0 Å². The number of nitrogens with one attached hydrogen (secondary N) is 2. The Morgan fingerprint density at radius 2 is 1.93 bits per heavy atom. The summed E-state index contributed by atoms with van der Waals surface area (Å²) in [5.41, 5.74) is 3.47. The Morgan fingerprint density at radius 3 is 2.52 bits per heavy atom. The van der Waals surface area contributed by atoms with Crippen LogP contribution >= 0.6 is 0 Å². The van der Waals surface area contributed by atoms with Gasteiger partial charge in [-0.05, 0) is 58.2 Å². The number of benzene rings is 1. The van der Waals surface area contributed by atoms with Crippen molar-refractivity contribution in [2.75, 3.05) is 18.8 Å². The van der Waals surface area contributed by atoms with Gasteiger partial charge in [0.1, 0.15) is 0 Å². The number of hydrogen-bond donors (Lipinski definition) is 2. The lowest BCUT2D eigenvalue weighted by Gasteiger charge is -2.18. The summed E-state index contributed by atoms with van der Waals surface area (Å²) < 4.78 is 26.6. The Hall–Kier alpha value is -2.35. The fourth-order valence-corrected chi connectivity index (χ4v) is 4.53. The molecule has 1 heterocycles. The molecular formula is C21H33N5O2S. The minimum absolute atomic E-state index is 0.0869. The molecule has 0 aliphatic heterocycles. The molecule has 1 atom stereocenters. The smallest absolute Gasteiger partial charge is 0.191 e. The van der Waals surface area contributed by atoms with Gasteiger partial charge in [0, 0.05) is 31.9 Å². The van der Waals surface area contributed by atoms with Crippen molar-refractivity contribution in [1.82, 2.24) is 20.4 Å². The number of aryl methyl sites for hydroxylation is 2. The molecule has 0 aliphatic rings. The molecule has 0 fully saturated rings. The number of hydrogen-bond acceptors (Lipinski definition) is 4. The van der Waals surface area contributed by atoms with E-state index in [2.05, 4.69) is 34.6 Å². The van der Waals surface area contributed by atoms with Gasteiger partial charge in [0.05, 0.1) is 16.3 Å².